The lowest BCUT2D eigenvalue weighted by atomic mass is 10.1. The van der Waals surface area contributed by atoms with Gasteiger partial charge in [-0.1, -0.05) is 0 Å². The molecular formula is C8H16Cl2N4O. The van der Waals surface area contributed by atoms with Gasteiger partial charge in [-0.15, -0.1) is 24.8 Å². The Kier molecular flexibility index (Phi) is 6.67. The molecule has 15 heavy (non-hydrogen) atoms. The van der Waals surface area contributed by atoms with Crippen LogP contribution in [0, 0.1) is 0 Å². The van der Waals surface area contributed by atoms with Crippen LogP contribution in [0.2, 0.25) is 0 Å². The normalized spacial score (nSPS) is 16.3. The highest BCUT2D eigenvalue weighted by Crippen LogP contribution is 2.20. The summed E-state index contributed by atoms with van der Waals surface area (Å²) in [6.07, 6.45) is 4.02. The molecule has 1 fully saturated rings. The van der Waals surface area contributed by atoms with Gasteiger partial charge in [-0.05, 0) is 12.8 Å². The Morgan fingerprint density at radius 2 is 2.07 bits per heavy atom. The lowest BCUT2D eigenvalue weighted by Gasteiger charge is -2.22. The Bertz CT molecular complexity index is 275. The monoisotopic (exact) mass is 254 g/mol. The van der Waals surface area contributed by atoms with Crippen molar-refractivity contribution in [3.8, 4) is 0 Å². The maximum Gasteiger partial charge on any atom is 0.161 e. The first-order valence-corrected chi connectivity index (χ1v) is 4.49. The van der Waals surface area contributed by atoms with Crippen molar-refractivity contribution in [3.63, 3.8) is 0 Å². The number of ether oxygens (including phenoxy) is 1. The summed E-state index contributed by atoms with van der Waals surface area (Å²) < 4.78 is 7.23. The number of hydrogen-bond acceptors (Lipinski definition) is 4. The third-order valence-electron chi connectivity index (χ3n) is 2.32. The first kappa shape index (κ1) is 14.5. The average Bonchev–Trinajstić information content (AvgIpc) is 2.67. The van der Waals surface area contributed by atoms with Crippen molar-refractivity contribution in [3.05, 3.63) is 12.3 Å². The molecule has 0 unspecified atom stereocenters. The Hall–Kier alpha value is -0.490. The Morgan fingerprint density at radius 3 is 2.60 bits per heavy atom. The van der Waals surface area contributed by atoms with Crippen LogP contribution >= 0.6 is 24.8 Å². The van der Waals surface area contributed by atoms with E-state index in [1.54, 1.807) is 0 Å². The predicted molar refractivity (Wildman–Crippen MR) is 63.6 cm³/mol. The molecule has 1 saturated heterocycles. The summed E-state index contributed by atoms with van der Waals surface area (Å²) in [5, 5.41) is 4.28. The molecule has 1 aromatic rings. The highest BCUT2D eigenvalue weighted by molar-refractivity contribution is 5.85. The second-order valence-electron chi connectivity index (χ2n) is 3.17. The molecular weight excluding hydrogens is 239 g/mol. The number of nitrogens with two attached hydrogens (primary N) is 1. The zero-order valence-corrected chi connectivity index (χ0v) is 9.89. The second-order valence-corrected chi connectivity index (χ2v) is 3.17. The van der Waals surface area contributed by atoms with Gasteiger partial charge in [-0.2, -0.15) is 5.10 Å². The highest BCUT2D eigenvalue weighted by Gasteiger charge is 2.15. The van der Waals surface area contributed by atoms with Gasteiger partial charge in [0.1, 0.15) is 0 Å². The molecule has 0 aromatic carbocycles. The number of nitrogens with zero attached hydrogens (tertiary/aromatic N) is 2. The van der Waals surface area contributed by atoms with Crippen LogP contribution in [0.5, 0.6) is 0 Å². The maximum absolute atomic E-state index is 5.27. The number of hydrogen-bond donors (Lipinski definition) is 2. The number of halogens is 2. The van der Waals surface area contributed by atoms with E-state index in [0.29, 0.717) is 11.9 Å². The molecule has 0 spiro atoms. The SMILES string of the molecule is Cl.Cl.NNc1ccn(C2CCOCC2)n1. The van der Waals surface area contributed by atoms with Gasteiger partial charge in [0.05, 0.1) is 6.04 Å². The van der Waals surface area contributed by atoms with Crippen LogP contribution < -0.4 is 11.3 Å². The van der Waals surface area contributed by atoms with Gasteiger partial charge in [-0.3, -0.25) is 4.68 Å². The fourth-order valence-corrected chi connectivity index (χ4v) is 1.57. The molecule has 88 valence electrons. The minimum absolute atomic E-state index is 0. The van der Waals surface area contributed by atoms with E-state index >= 15 is 0 Å². The van der Waals surface area contributed by atoms with Crippen molar-refractivity contribution >= 4 is 30.6 Å². The zero-order valence-electron chi connectivity index (χ0n) is 8.26. The molecule has 0 atom stereocenters. The second kappa shape index (κ2) is 6.90. The van der Waals surface area contributed by atoms with E-state index in [0.717, 1.165) is 26.1 Å². The van der Waals surface area contributed by atoms with Crippen molar-refractivity contribution in [2.45, 2.75) is 18.9 Å². The number of nitrogen functional groups attached to an aromatic ring is 1. The van der Waals surface area contributed by atoms with Crippen LogP contribution in [0.15, 0.2) is 12.3 Å². The average molecular weight is 255 g/mol. The van der Waals surface area contributed by atoms with Crippen molar-refractivity contribution in [1.82, 2.24) is 9.78 Å². The van der Waals surface area contributed by atoms with Crippen LogP contribution in [-0.4, -0.2) is 23.0 Å². The minimum Gasteiger partial charge on any atom is -0.381 e. The van der Waals surface area contributed by atoms with E-state index in [2.05, 4.69) is 10.5 Å². The summed E-state index contributed by atoms with van der Waals surface area (Å²) in [6, 6.07) is 2.34. The van der Waals surface area contributed by atoms with Gasteiger partial charge in [0.15, 0.2) is 5.82 Å². The molecule has 2 heterocycles. The molecule has 0 amide bonds. The molecule has 3 N–H and O–H groups in total. The summed E-state index contributed by atoms with van der Waals surface area (Å²) in [4.78, 5) is 0. The topological polar surface area (TPSA) is 65.1 Å². The molecule has 0 bridgehead atoms. The minimum atomic E-state index is 0. The van der Waals surface area contributed by atoms with Crippen LogP contribution in [0.1, 0.15) is 18.9 Å². The van der Waals surface area contributed by atoms with Crippen molar-refractivity contribution in [1.29, 1.82) is 0 Å². The van der Waals surface area contributed by atoms with Gasteiger partial charge in [0.2, 0.25) is 0 Å². The summed E-state index contributed by atoms with van der Waals surface area (Å²) in [5.41, 5.74) is 2.52. The van der Waals surface area contributed by atoms with Crippen molar-refractivity contribution in [2.75, 3.05) is 18.6 Å². The number of hydrazine groups is 1. The van der Waals surface area contributed by atoms with Gasteiger partial charge in [0.25, 0.3) is 0 Å². The third-order valence-corrected chi connectivity index (χ3v) is 2.32. The molecule has 0 radical (unpaired) electrons. The summed E-state index contributed by atoms with van der Waals surface area (Å²) in [5.74, 6) is 5.96. The van der Waals surface area contributed by atoms with E-state index in [-0.39, 0.29) is 24.8 Å². The van der Waals surface area contributed by atoms with Gasteiger partial charge >= 0.3 is 0 Å². The molecule has 1 aromatic heterocycles. The number of anilines is 1. The number of aromatic nitrogens is 2. The van der Waals surface area contributed by atoms with Crippen LogP contribution in [0.25, 0.3) is 0 Å². The molecule has 7 heteroatoms. The van der Waals surface area contributed by atoms with Gasteiger partial charge in [0, 0.05) is 25.5 Å². The van der Waals surface area contributed by atoms with E-state index in [1.165, 1.54) is 0 Å². The molecule has 0 saturated carbocycles. The van der Waals surface area contributed by atoms with Crippen LogP contribution in [0.4, 0.5) is 5.82 Å². The van der Waals surface area contributed by atoms with E-state index in [9.17, 15) is 0 Å². The largest absolute Gasteiger partial charge is 0.381 e. The Balaban J connectivity index is 0.000000980. The molecule has 1 aliphatic rings. The van der Waals surface area contributed by atoms with E-state index < -0.39 is 0 Å². The quantitative estimate of drug-likeness (QED) is 0.618. The van der Waals surface area contributed by atoms with Crippen LogP contribution in [0.3, 0.4) is 0 Å². The predicted octanol–water partition coefficient (Wildman–Crippen LogP) is 1.36. The summed E-state index contributed by atoms with van der Waals surface area (Å²) in [7, 11) is 0. The number of rotatable bonds is 2. The summed E-state index contributed by atoms with van der Waals surface area (Å²) in [6.45, 7) is 1.66. The molecule has 2 rings (SSSR count). The first-order chi connectivity index (χ1) is 6.40. The van der Waals surface area contributed by atoms with Crippen molar-refractivity contribution < 1.29 is 4.74 Å². The first-order valence-electron chi connectivity index (χ1n) is 4.49. The van der Waals surface area contributed by atoms with Gasteiger partial charge in [-0.25, -0.2) is 5.84 Å². The van der Waals surface area contributed by atoms with E-state index in [1.807, 2.05) is 16.9 Å². The Morgan fingerprint density at radius 1 is 1.40 bits per heavy atom. The lowest BCUT2D eigenvalue weighted by Crippen LogP contribution is -2.20. The number of nitrogens with one attached hydrogen (secondary N) is 1. The molecule has 1 aliphatic heterocycles. The van der Waals surface area contributed by atoms with E-state index in [4.69, 9.17) is 10.6 Å². The van der Waals surface area contributed by atoms with Crippen LogP contribution in [-0.2, 0) is 4.74 Å². The Labute approximate surface area is 101 Å². The van der Waals surface area contributed by atoms with Gasteiger partial charge < -0.3 is 10.2 Å². The fourth-order valence-electron chi connectivity index (χ4n) is 1.57. The summed E-state index contributed by atoms with van der Waals surface area (Å²) >= 11 is 0. The third kappa shape index (κ3) is 3.53. The maximum atomic E-state index is 5.27. The standard InChI is InChI=1S/C8H14N4O.2ClH/c9-10-8-1-4-12(11-8)7-2-5-13-6-3-7;;/h1,4,7H,2-3,5-6,9H2,(H,10,11);2*1H. The molecule has 5 nitrogen and oxygen atoms in total. The molecule has 0 aliphatic carbocycles. The van der Waals surface area contributed by atoms with Crippen molar-refractivity contribution in [2.24, 2.45) is 5.84 Å². The fraction of sp³-hybridized carbons (Fsp3) is 0.625. The smallest absolute Gasteiger partial charge is 0.161 e. The zero-order chi connectivity index (χ0) is 9.10. The highest BCUT2D eigenvalue weighted by atomic mass is 35.5. The lowest BCUT2D eigenvalue weighted by molar-refractivity contribution is 0.0663.